The fraction of sp³-hybridized carbons (Fsp3) is 0.500. The van der Waals surface area contributed by atoms with Crippen LogP contribution in [0, 0.1) is 0 Å². The number of ether oxygens (including phenoxy) is 1. The molecule has 15 heavy (non-hydrogen) atoms. The zero-order valence-electron chi connectivity index (χ0n) is 9.49. The molecule has 0 spiro atoms. The monoisotopic (exact) mass is 207 g/mol. The third-order valence-electron chi connectivity index (χ3n) is 2.83. The summed E-state index contributed by atoms with van der Waals surface area (Å²) in [6.07, 6.45) is 4.48. The van der Waals surface area contributed by atoms with Gasteiger partial charge in [0.1, 0.15) is 5.60 Å². The van der Waals surface area contributed by atoms with E-state index in [9.17, 15) is 4.79 Å². The van der Waals surface area contributed by atoms with E-state index >= 15 is 0 Å². The Morgan fingerprint density at radius 3 is 2.53 bits per heavy atom. The molecule has 0 radical (unpaired) electrons. The second kappa shape index (κ2) is 5.03. The van der Waals surface area contributed by atoms with Crippen LogP contribution in [-0.2, 0) is 16.0 Å². The standard InChI is InChI=1S/C12H17NO2/c1-4-12(2,15-3)11(14)9-10-5-7-13-8-6-10/h5-8H,4,9H2,1-3H3. The van der Waals surface area contributed by atoms with Crippen LogP contribution < -0.4 is 0 Å². The Morgan fingerprint density at radius 2 is 2.07 bits per heavy atom. The number of methoxy groups -OCH3 is 1. The molecule has 0 N–H and O–H groups in total. The van der Waals surface area contributed by atoms with Gasteiger partial charge in [0.25, 0.3) is 0 Å². The van der Waals surface area contributed by atoms with Crippen molar-refractivity contribution in [1.82, 2.24) is 4.98 Å². The van der Waals surface area contributed by atoms with Crippen molar-refractivity contribution in [1.29, 1.82) is 0 Å². The van der Waals surface area contributed by atoms with Gasteiger partial charge in [-0.25, -0.2) is 0 Å². The molecule has 0 saturated heterocycles. The van der Waals surface area contributed by atoms with Crippen LogP contribution in [0.1, 0.15) is 25.8 Å². The summed E-state index contributed by atoms with van der Waals surface area (Å²) in [4.78, 5) is 15.9. The molecule has 0 saturated carbocycles. The summed E-state index contributed by atoms with van der Waals surface area (Å²) in [5.74, 6) is 0.110. The molecule has 1 aromatic rings. The van der Waals surface area contributed by atoms with Gasteiger partial charge in [0.2, 0.25) is 0 Å². The fourth-order valence-electron chi connectivity index (χ4n) is 1.33. The third-order valence-corrected chi connectivity index (χ3v) is 2.83. The topological polar surface area (TPSA) is 39.2 Å². The Hall–Kier alpha value is -1.22. The lowest BCUT2D eigenvalue weighted by Gasteiger charge is -2.24. The van der Waals surface area contributed by atoms with Crippen molar-refractivity contribution in [2.24, 2.45) is 0 Å². The highest BCUT2D eigenvalue weighted by atomic mass is 16.5. The Bertz CT molecular complexity index is 318. The number of aromatic nitrogens is 1. The number of hydrogen-bond donors (Lipinski definition) is 0. The summed E-state index contributed by atoms with van der Waals surface area (Å²) in [5.41, 5.74) is 0.315. The van der Waals surface area contributed by atoms with Gasteiger partial charge in [0, 0.05) is 25.9 Å². The average molecular weight is 207 g/mol. The van der Waals surface area contributed by atoms with Crippen LogP contribution in [0.5, 0.6) is 0 Å². The van der Waals surface area contributed by atoms with Gasteiger partial charge < -0.3 is 4.74 Å². The molecule has 0 aliphatic rings. The molecule has 3 nitrogen and oxygen atoms in total. The summed E-state index contributed by atoms with van der Waals surface area (Å²) >= 11 is 0. The lowest BCUT2D eigenvalue weighted by molar-refractivity contribution is -0.138. The molecule has 0 aliphatic heterocycles. The minimum atomic E-state index is -0.663. The molecule has 1 aromatic heterocycles. The number of nitrogens with zero attached hydrogens (tertiary/aromatic N) is 1. The van der Waals surface area contributed by atoms with Crippen LogP contribution in [0.15, 0.2) is 24.5 Å². The molecule has 82 valence electrons. The quantitative estimate of drug-likeness (QED) is 0.741. The van der Waals surface area contributed by atoms with Crippen molar-refractivity contribution in [3.8, 4) is 0 Å². The molecule has 0 amide bonds. The lowest BCUT2D eigenvalue weighted by atomic mass is 9.93. The van der Waals surface area contributed by atoms with Gasteiger partial charge in [-0.3, -0.25) is 9.78 Å². The maximum atomic E-state index is 12.0. The van der Waals surface area contributed by atoms with Gasteiger partial charge >= 0.3 is 0 Å². The minimum absolute atomic E-state index is 0.110. The van der Waals surface area contributed by atoms with Gasteiger partial charge in [0.15, 0.2) is 5.78 Å². The van der Waals surface area contributed by atoms with E-state index in [1.807, 2.05) is 26.0 Å². The highest BCUT2D eigenvalue weighted by Crippen LogP contribution is 2.17. The van der Waals surface area contributed by atoms with Gasteiger partial charge in [-0.05, 0) is 31.0 Å². The van der Waals surface area contributed by atoms with Gasteiger partial charge in [-0.15, -0.1) is 0 Å². The molecular formula is C12H17NO2. The Kier molecular flexibility index (Phi) is 3.97. The van der Waals surface area contributed by atoms with E-state index in [1.54, 1.807) is 19.5 Å². The SMILES string of the molecule is CCC(C)(OC)C(=O)Cc1ccncc1. The fourth-order valence-corrected chi connectivity index (χ4v) is 1.33. The van der Waals surface area contributed by atoms with Crippen LogP contribution in [0.25, 0.3) is 0 Å². The second-order valence-electron chi connectivity index (χ2n) is 3.74. The van der Waals surface area contributed by atoms with Crippen molar-refractivity contribution in [3.63, 3.8) is 0 Å². The van der Waals surface area contributed by atoms with E-state index in [-0.39, 0.29) is 5.78 Å². The normalized spacial score (nSPS) is 14.6. The molecule has 1 heterocycles. The van der Waals surface area contributed by atoms with E-state index in [0.717, 1.165) is 5.56 Å². The molecule has 0 aliphatic carbocycles. The number of hydrogen-bond acceptors (Lipinski definition) is 3. The molecule has 3 heteroatoms. The van der Waals surface area contributed by atoms with Crippen LogP contribution in [0.3, 0.4) is 0 Å². The molecule has 0 fully saturated rings. The van der Waals surface area contributed by atoms with Gasteiger partial charge in [-0.1, -0.05) is 6.92 Å². The van der Waals surface area contributed by atoms with E-state index in [4.69, 9.17) is 4.74 Å². The van der Waals surface area contributed by atoms with Crippen molar-refractivity contribution in [2.45, 2.75) is 32.3 Å². The molecule has 1 unspecified atom stereocenters. The van der Waals surface area contributed by atoms with Crippen LogP contribution in [-0.4, -0.2) is 23.5 Å². The predicted molar refractivity (Wildman–Crippen MR) is 58.7 cm³/mol. The van der Waals surface area contributed by atoms with Crippen molar-refractivity contribution in [2.75, 3.05) is 7.11 Å². The summed E-state index contributed by atoms with van der Waals surface area (Å²) in [7, 11) is 1.58. The number of carbonyl (C=O) groups excluding carboxylic acids is 1. The molecule has 0 aromatic carbocycles. The molecular weight excluding hydrogens is 190 g/mol. The van der Waals surface area contributed by atoms with Crippen molar-refractivity contribution < 1.29 is 9.53 Å². The van der Waals surface area contributed by atoms with Crippen molar-refractivity contribution >= 4 is 5.78 Å². The summed E-state index contributed by atoms with van der Waals surface area (Å²) in [6.45, 7) is 3.78. The summed E-state index contributed by atoms with van der Waals surface area (Å²) in [5, 5.41) is 0. The van der Waals surface area contributed by atoms with Crippen LogP contribution in [0.2, 0.25) is 0 Å². The lowest BCUT2D eigenvalue weighted by Crippen LogP contribution is -2.37. The van der Waals surface area contributed by atoms with Crippen LogP contribution in [0.4, 0.5) is 0 Å². The number of pyridine rings is 1. The van der Waals surface area contributed by atoms with Crippen molar-refractivity contribution in [3.05, 3.63) is 30.1 Å². The molecule has 1 atom stereocenters. The minimum Gasteiger partial charge on any atom is -0.371 e. The summed E-state index contributed by atoms with van der Waals surface area (Å²) < 4.78 is 5.26. The third kappa shape index (κ3) is 2.86. The molecule has 1 rings (SSSR count). The molecule has 0 bridgehead atoms. The smallest absolute Gasteiger partial charge is 0.168 e. The largest absolute Gasteiger partial charge is 0.371 e. The number of rotatable bonds is 5. The second-order valence-corrected chi connectivity index (χ2v) is 3.74. The number of carbonyl (C=O) groups is 1. The van der Waals surface area contributed by atoms with Crippen LogP contribution >= 0.6 is 0 Å². The zero-order chi connectivity index (χ0) is 11.3. The first-order chi connectivity index (χ1) is 7.12. The van der Waals surface area contributed by atoms with E-state index in [1.165, 1.54) is 0 Å². The van der Waals surface area contributed by atoms with E-state index in [2.05, 4.69) is 4.98 Å². The highest BCUT2D eigenvalue weighted by Gasteiger charge is 2.30. The summed E-state index contributed by atoms with van der Waals surface area (Å²) in [6, 6.07) is 3.70. The van der Waals surface area contributed by atoms with Gasteiger partial charge in [0.05, 0.1) is 0 Å². The maximum absolute atomic E-state index is 12.0. The Morgan fingerprint density at radius 1 is 1.47 bits per heavy atom. The van der Waals surface area contributed by atoms with E-state index < -0.39 is 5.60 Å². The predicted octanol–water partition coefficient (Wildman–Crippen LogP) is 2.01. The first-order valence-electron chi connectivity index (χ1n) is 5.09. The number of ketones is 1. The Labute approximate surface area is 90.5 Å². The highest BCUT2D eigenvalue weighted by molar-refractivity contribution is 5.88. The maximum Gasteiger partial charge on any atom is 0.168 e. The first-order valence-corrected chi connectivity index (χ1v) is 5.09. The zero-order valence-corrected chi connectivity index (χ0v) is 9.49. The average Bonchev–Trinajstić information content (AvgIpc) is 2.29. The van der Waals surface area contributed by atoms with Gasteiger partial charge in [-0.2, -0.15) is 0 Å². The first kappa shape index (κ1) is 11.9. The Balaban J connectivity index is 2.71. The van der Waals surface area contributed by atoms with E-state index in [0.29, 0.717) is 12.8 Å². The number of Topliss-reactive ketones (excluding diaryl/α,β-unsaturated/α-hetero) is 1.